The van der Waals surface area contributed by atoms with Gasteiger partial charge in [-0.1, -0.05) is 0 Å². The summed E-state index contributed by atoms with van der Waals surface area (Å²) in [6.45, 7) is 0.149. The van der Waals surface area contributed by atoms with Crippen molar-refractivity contribution in [3.8, 4) is 0 Å². The Hall–Kier alpha value is -0.000000000000000111. The Balaban J connectivity index is 2.66. The van der Waals surface area contributed by atoms with Crippen LogP contribution in [0.2, 0.25) is 0 Å². The van der Waals surface area contributed by atoms with Crippen LogP contribution >= 0.6 is 31.9 Å². The van der Waals surface area contributed by atoms with Crippen LogP contribution < -0.4 is 0 Å². The highest BCUT2D eigenvalue weighted by atomic mass is 79.9. The van der Waals surface area contributed by atoms with Gasteiger partial charge >= 0.3 is 0 Å². The summed E-state index contributed by atoms with van der Waals surface area (Å²) in [5.41, 5.74) is 0.460. The van der Waals surface area contributed by atoms with E-state index in [-0.39, 0.29) is 10.5 Å². The summed E-state index contributed by atoms with van der Waals surface area (Å²) < 4.78 is 30.0. The average molecular weight is 316 g/mol. The number of hydrogen-bond acceptors (Lipinski definition) is 1. The normalized spacial score (nSPS) is 10.8. The van der Waals surface area contributed by atoms with Crippen molar-refractivity contribution in [3.05, 3.63) is 35.4 Å². The Morgan fingerprint density at radius 1 is 1.15 bits per heavy atom. The zero-order valence-corrected chi connectivity index (χ0v) is 9.61. The molecule has 0 radical (unpaired) electrons. The van der Waals surface area contributed by atoms with Gasteiger partial charge in [0.05, 0.1) is 6.61 Å². The third kappa shape index (κ3) is 4.15. The number of halogens is 4. The first-order chi connectivity index (χ1) is 6.08. The fraction of sp³-hybridized carbons (Fsp3) is 0.250. The molecule has 1 rings (SSSR count). The highest BCUT2D eigenvalue weighted by Gasteiger charge is 2.02. The fourth-order valence-electron chi connectivity index (χ4n) is 0.854. The molecule has 1 nitrogen and oxygen atoms in total. The Labute approximate surface area is 91.3 Å². The van der Waals surface area contributed by atoms with Crippen molar-refractivity contribution < 1.29 is 13.5 Å². The van der Waals surface area contributed by atoms with Crippen LogP contribution in [0, 0.1) is 11.6 Å². The van der Waals surface area contributed by atoms with E-state index in [1.54, 1.807) is 0 Å². The van der Waals surface area contributed by atoms with Crippen molar-refractivity contribution in [2.24, 2.45) is 0 Å². The molecule has 5 heteroatoms. The molecule has 1 aromatic rings. The quantitative estimate of drug-likeness (QED) is 0.775. The minimum absolute atomic E-state index is 0.149. The number of hydrogen-bond donors (Lipinski definition) is 0. The second-order valence-electron chi connectivity index (χ2n) is 2.35. The number of benzene rings is 1. The number of alkyl halides is 2. The van der Waals surface area contributed by atoms with Gasteiger partial charge in [0.2, 0.25) is 0 Å². The molecular weight excluding hydrogens is 310 g/mol. The van der Waals surface area contributed by atoms with Crippen molar-refractivity contribution in [1.29, 1.82) is 0 Å². The predicted molar refractivity (Wildman–Crippen MR) is 52.8 cm³/mol. The number of rotatable bonds is 3. The van der Waals surface area contributed by atoms with Gasteiger partial charge in [-0.2, -0.15) is 0 Å². The van der Waals surface area contributed by atoms with Crippen LogP contribution in [0.4, 0.5) is 8.78 Å². The van der Waals surface area contributed by atoms with E-state index >= 15 is 0 Å². The Morgan fingerprint density at radius 3 is 2.15 bits per heavy atom. The highest BCUT2D eigenvalue weighted by molar-refractivity contribution is 9.24. The summed E-state index contributed by atoms with van der Waals surface area (Å²) in [6.07, 6.45) is 0. The molecule has 0 bridgehead atoms. The summed E-state index contributed by atoms with van der Waals surface area (Å²) in [7, 11) is 0. The van der Waals surface area contributed by atoms with Gasteiger partial charge in [-0.15, -0.1) is 0 Å². The zero-order chi connectivity index (χ0) is 9.84. The van der Waals surface area contributed by atoms with Crippen LogP contribution in [-0.2, 0) is 11.3 Å². The molecule has 0 spiro atoms. The molecule has 0 saturated heterocycles. The first-order valence-electron chi connectivity index (χ1n) is 3.42. The standard InChI is InChI=1S/C8H6Br2F2O/c9-8(10)13-4-5-1-6(11)3-7(12)2-5/h1-3,8H,4H2. The van der Waals surface area contributed by atoms with E-state index in [1.165, 1.54) is 12.1 Å². The lowest BCUT2D eigenvalue weighted by atomic mass is 10.2. The third-order valence-corrected chi connectivity index (χ3v) is 1.83. The van der Waals surface area contributed by atoms with E-state index < -0.39 is 11.6 Å². The summed E-state index contributed by atoms with van der Waals surface area (Å²) in [4.78, 5) is 0. The monoisotopic (exact) mass is 314 g/mol. The lowest BCUT2D eigenvalue weighted by Crippen LogP contribution is -1.97. The Kier molecular flexibility index (Phi) is 4.28. The largest absolute Gasteiger partial charge is 0.352 e. The van der Waals surface area contributed by atoms with Gasteiger partial charge in [-0.05, 0) is 49.6 Å². The average Bonchev–Trinajstić information content (AvgIpc) is 1.99. The van der Waals surface area contributed by atoms with Crippen molar-refractivity contribution in [2.45, 2.75) is 10.5 Å². The van der Waals surface area contributed by atoms with Crippen LogP contribution in [0.3, 0.4) is 0 Å². The van der Waals surface area contributed by atoms with Crippen molar-refractivity contribution in [3.63, 3.8) is 0 Å². The van der Waals surface area contributed by atoms with E-state index in [1.807, 2.05) is 0 Å². The van der Waals surface area contributed by atoms with Crippen molar-refractivity contribution in [1.82, 2.24) is 0 Å². The molecule has 0 saturated carbocycles. The Morgan fingerprint density at radius 2 is 1.69 bits per heavy atom. The van der Waals surface area contributed by atoms with Crippen LogP contribution in [0.1, 0.15) is 5.56 Å². The molecule has 0 aliphatic rings. The second-order valence-corrected chi connectivity index (χ2v) is 5.24. The SMILES string of the molecule is Fc1cc(F)cc(COC(Br)Br)c1. The van der Waals surface area contributed by atoms with E-state index in [0.29, 0.717) is 5.56 Å². The van der Waals surface area contributed by atoms with E-state index in [4.69, 9.17) is 4.74 Å². The molecule has 0 aliphatic carbocycles. The van der Waals surface area contributed by atoms with Gasteiger partial charge in [0, 0.05) is 6.07 Å². The summed E-state index contributed by atoms with van der Waals surface area (Å²) in [5.74, 6) is -1.20. The maximum Gasteiger partial charge on any atom is 0.167 e. The molecule has 0 unspecified atom stereocenters. The van der Waals surface area contributed by atoms with Crippen molar-refractivity contribution in [2.75, 3.05) is 0 Å². The van der Waals surface area contributed by atoms with Gasteiger partial charge in [-0.25, -0.2) is 8.78 Å². The molecule has 0 aliphatic heterocycles. The molecule has 0 aromatic heterocycles. The summed E-state index contributed by atoms with van der Waals surface area (Å²) in [5, 5.41) is 0. The molecule has 0 N–H and O–H groups in total. The summed E-state index contributed by atoms with van der Waals surface area (Å²) in [6, 6.07) is 3.28. The van der Waals surface area contributed by atoms with Crippen molar-refractivity contribution >= 4 is 31.9 Å². The zero-order valence-electron chi connectivity index (χ0n) is 6.44. The lowest BCUT2D eigenvalue weighted by molar-refractivity contribution is 0.156. The Bertz CT molecular complexity index is 271. The third-order valence-electron chi connectivity index (χ3n) is 1.30. The second kappa shape index (κ2) is 5.02. The lowest BCUT2D eigenvalue weighted by Gasteiger charge is -2.04. The first-order valence-corrected chi connectivity index (χ1v) is 5.26. The van der Waals surface area contributed by atoms with Crippen LogP contribution in [0.15, 0.2) is 18.2 Å². The molecule has 0 amide bonds. The van der Waals surface area contributed by atoms with E-state index in [0.717, 1.165) is 6.07 Å². The number of ether oxygens (including phenoxy) is 1. The van der Waals surface area contributed by atoms with E-state index in [9.17, 15) is 8.78 Å². The molecule has 0 heterocycles. The first kappa shape index (κ1) is 11.1. The molecule has 1 aromatic carbocycles. The van der Waals surface area contributed by atoms with Gasteiger partial charge in [-0.3, -0.25) is 0 Å². The highest BCUT2D eigenvalue weighted by Crippen LogP contribution is 2.14. The molecule has 0 fully saturated rings. The maximum atomic E-state index is 12.6. The smallest absolute Gasteiger partial charge is 0.167 e. The molecule has 72 valence electrons. The molecule has 0 atom stereocenters. The minimum atomic E-state index is -0.598. The topological polar surface area (TPSA) is 9.23 Å². The van der Waals surface area contributed by atoms with Gasteiger partial charge in [0.25, 0.3) is 0 Å². The maximum absolute atomic E-state index is 12.6. The predicted octanol–water partition coefficient (Wildman–Crippen LogP) is 3.55. The van der Waals surface area contributed by atoms with Gasteiger partial charge < -0.3 is 4.74 Å². The summed E-state index contributed by atoms with van der Waals surface area (Å²) >= 11 is 6.15. The van der Waals surface area contributed by atoms with Crippen LogP contribution in [0.25, 0.3) is 0 Å². The van der Waals surface area contributed by atoms with Gasteiger partial charge in [0.1, 0.15) is 11.6 Å². The van der Waals surface area contributed by atoms with Gasteiger partial charge in [0.15, 0.2) is 3.92 Å². The minimum Gasteiger partial charge on any atom is -0.352 e. The fourth-order valence-corrected chi connectivity index (χ4v) is 1.12. The molecule has 13 heavy (non-hydrogen) atoms. The molecular formula is C8H6Br2F2O. The van der Waals surface area contributed by atoms with Crippen LogP contribution in [-0.4, -0.2) is 3.92 Å². The van der Waals surface area contributed by atoms with Crippen LogP contribution in [0.5, 0.6) is 0 Å². The van der Waals surface area contributed by atoms with E-state index in [2.05, 4.69) is 31.9 Å².